The monoisotopic (exact) mass is 908 g/mol. The average molecular weight is 909 g/mol. The Labute approximate surface area is 409 Å². The van der Waals surface area contributed by atoms with E-state index in [0.717, 1.165) is 67.2 Å². The highest BCUT2D eigenvalue weighted by Crippen LogP contribution is 2.52. The van der Waals surface area contributed by atoms with Gasteiger partial charge < -0.3 is 18.6 Å². The van der Waals surface area contributed by atoms with Crippen molar-refractivity contribution in [2.24, 2.45) is 0 Å². The standard InChI is InChI=1S/C66H56N2O2/c1-41-15-9-21-47(39-41)67(59-29-13-27-53-51-25-11-23-49(63(51)69-65(53)59)43-17-5-3-6-18-43)57-37-33-45-32-36-56-58(38-34-46-31-35-55(57)61(45)62(46)56)68(48-22-10-16-42(2)40-48)60-30-14-28-54-52-26-12-24-50(64(52)70-66(54)60)44-19-7-4-8-20-44/h9-16,21-40,43-44H,3-8,17-20H2,1-2H3. The summed E-state index contributed by atoms with van der Waals surface area (Å²) < 4.78 is 14.4. The van der Waals surface area contributed by atoms with E-state index in [1.54, 1.807) is 0 Å². The van der Waals surface area contributed by atoms with Crippen LogP contribution in [-0.2, 0) is 0 Å². The van der Waals surface area contributed by atoms with Gasteiger partial charge in [-0.3, -0.25) is 0 Å². The first-order valence-corrected chi connectivity index (χ1v) is 25.9. The van der Waals surface area contributed by atoms with Crippen LogP contribution in [0.5, 0.6) is 0 Å². The van der Waals surface area contributed by atoms with Gasteiger partial charge in [0.2, 0.25) is 0 Å². The molecule has 2 heterocycles. The summed E-state index contributed by atoms with van der Waals surface area (Å²) >= 11 is 0. The number of hydrogen-bond donors (Lipinski definition) is 0. The lowest BCUT2D eigenvalue weighted by molar-refractivity contribution is 0.442. The molecule has 0 bridgehead atoms. The first-order chi connectivity index (χ1) is 34.6. The van der Waals surface area contributed by atoms with Gasteiger partial charge in [0.15, 0.2) is 11.2 Å². The van der Waals surface area contributed by atoms with Crippen molar-refractivity contribution in [1.29, 1.82) is 0 Å². The number of nitrogens with zero attached hydrogens (tertiary/aromatic N) is 2. The van der Waals surface area contributed by atoms with Crippen molar-refractivity contribution in [2.45, 2.75) is 89.9 Å². The first kappa shape index (κ1) is 41.4. The quantitative estimate of drug-likeness (QED) is 0.142. The van der Waals surface area contributed by atoms with Crippen LogP contribution in [0.4, 0.5) is 34.1 Å². The summed E-state index contributed by atoms with van der Waals surface area (Å²) in [6.07, 6.45) is 12.7. The van der Waals surface area contributed by atoms with Crippen LogP contribution in [0, 0.1) is 13.8 Å². The number of fused-ring (bicyclic) bond motifs is 6. The van der Waals surface area contributed by atoms with Crippen LogP contribution in [0.3, 0.4) is 0 Å². The molecule has 0 radical (unpaired) electrons. The van der Waals surface area contributed by atoms with Crippen LogP contribution < -0.4 is 9.80 Å². The van der Waals surface area contributed by atoms with Gasteiger partial charge in [-0.1, -0.05) is 160 Å². The molecule has 2 aliphatic carbocycles. The smallest absolute Gasteiger partial charge is 0.159 e. The van der Waals surface area contributed by atoms with Gasteiger partial charge in [0.1, 0.15) is 11.2 Å². The minimum absolute atomic E-state index is 0.532. The fourth-order valence-electron chi connectivity index (χ4n) is 13.0. The molecule has 2 aliphatic rings. The van der Waals surface area contributed by atoms with Gasteiger partial charge in [0, 0.05) is 43.7 Å². The molecular formula is C66H56N2O2. The molecular weight excluding hydrogens is 853 g/mol. The van der Waals surface area contributed by atoms with Gasteiger partial charge in [0.25, 0.3) is 0 Å². The molecule has 10 aromatic carbocycles. The predicted octanol–water partition coefficient (Wildman–Crippen LogP) is 20.0. The number of para-hydroxylation sites is 4. The van der Waals surface area contributed by atoms with Crippen molar-refractivity contribution in [1.82, 2.24) is 0 Å². The number of furan rings is 2. The molecule has 0 amide bonds. The molecule has 0 aliphatic heterocycles. The Bertz CT molecular complexity index is 3710. The largest absolute Gasteiger partial charge is 0.454 e. The van der Waals surface area contributed by atoms with Crippen molar-refractivity contribution in [3.05, 3.63) is 192 Å². The van der Waals surface area contributed by atoms with E-state index in [4.69, 9.17) is 8.83 Å². The second-order valence-corrected chi connectivity index (χ2v) is 20.6. The van der Waals surface area contributed by atoms with Gasteiger partial charge in [-0.25, -0.2) is 0 Å². The average Bonchev–Trinajstić information content (AvgIpc) is 3.99. The molecule has 2 fully saturated rings. The van der Waals surface area contributed by atoms with Crippen molar-refractivity contribution in [2.75, 3.05) is 9.80 Å². The van der Waals surface area contributed by atoms with Crippen LogP contribution >= 0.6 is 0 Å². The molecule has 0 atom stereocenters. The Hall–Kier alpha value is -7.56. The van der Waals surface area contributed by atoms with Crippen molar-refractivity contribution < 1.29 is 8.83 Å². The van der Waals surface area contributed by atoms with Crippen LogP contribution in [0.2, 0.25) is 0 Å². The Balaban J connectivity index is 0.991. The third-order valence-electron chi connectivity index (χ3n) is 16.3. The van der Waals surface area contributed by atoms with Crippen molar-refractivity contribution >= 4 is 110 Å². The third-order valence-corrected chi connectivity index (χ3v) is 16.3. The van der Waals surface area contributed by atoms with Crippen molar-refractivity contribution in [3.63, 3.8) is 0 Å². The number of anilines is 6. The van der Waals surface area contributed by atoms with E-state index in [1.807, 2.05) is 0 Å². The summed E-state index contributed by atoms with van der Waals surface area (Å²) in [6.45, 7) is 4.38. The zero-order chi connectivity index (χ0) is 46.5. The SMILES string of the molecule is Cc1cccc(N(c2ccc3ccc4c(N(c5cccc(C)c5)c5cccc6c5oc5c(C7CCCCC7)cccc56)ccc5ccc2c3c54)c2cccc3c2oc2c(C4CCCCC4)cccc23)c1. The van der Waals surface area contributed by atoms with E-state index in [0.29, 0.717) is 11.8 Å². The molecule has 12 aromatic rings. The number of benzene rings is 10. The lowest BCUT2D eigenvalue weighted by Gasteiger charge is -2.29. The first-order valence-electron chi connectivity index (χ1n) is 25.9. The molecule has 2 aromatic heterocycles. The van der Waals surface area contributed by atoms with Gasteiger partial charge in [-0.05, 0) is 144 Å². The lowest BCUT2D eigenvalue weighted by atomic mass is 9.83. The number of hydrogen-bond acceptors (Lipinski definition) is 4. The molecule has 14 rings (SSSR count). The third kappa shape index (κ3) is 6.56. The Morgan fingerprint density at radius 3 is 1.16 bits per heavy atom. The molecule has 0 spiro atoms. The van der Waals surface area contributed by atoms with E-state index in [-0.39, 0.29) is 0 Å². The molecule has 0 N–H and O–H groups in total. The second kappa shape index (κ2) is 16.6. The predicted molar refractivity (Wildman–Crippen MR) is 295 cm³/mol. The minimum Gasteiger partial charge on any atom is -0.454 e. The molecule has 2 saturated carbocycles. The maximum Gasteiger partial charge on any atom is 0.159 e. The summed E-state index contributed by atoms with van der Waals surface area (Å²) in [5, 5.41) is 12.1. The fraction of sp³-hybridized carbons (Fsp3) is 0.212. The van der Waals surface area contributed by atoms with Gasteiger partial charge in [-0.2, -0.15) is 0 Å². The minimum atomic E-state index is 0.532. The van der Waals surface area contributed by atoms with Crippen LogP contribution in [0.15, 0.2) is 179 Å². The summed E-state index contributed by atoms with van der Waals surface area (Å²) in [7, 11) is 0. The summed E-state index contributed by atoms with van der Waals surface area (Å²) in [6, 6.07) is 63.5. The summed E-state index contributed by atoms with van der Waals surface area (Å²) in [5.74, 6) is 1.06. The van der Waals surface area contributed by atoms with Gasteiger partial charge in [-0.15, -0.1) is 0 Å². The van der Waals surface area contributed by atoms with E-state index < -0.39 is 0 Å². The lowest BCUT2D eigenvalue weighted by Crippen LogP contribution is -2.12. The van der Waals surface area contributed by atoms with Gasteiger partial charge >= 0.3 is 0 Å². The summed E-state index contributed by atoms with van der Waals surface area (Å²) in [4.78, 5) is 4.90. The maximum absolute atomic E-state index is 7.21. The molecule has 0 unspecified atom stereocenters. The van der Waals surface area contributed by atoms with Crippen LogP contribution in [-0.4, -0.2) is 0 Å². The van der Waals surface area contributed by atoms with E-state index in [9.17, 15) is 0 Å². The number of rotatable bonds is 8. The maximum atomic E-state index is 7.21. The molecule has 0 saturated heterocycles. The topological polar surface area (TPSA) is 32.8 Å². The van der Waals surface area contributed by atoms with Crippen LogP contribution in [0.25, 0.3) is 76.2 Å². The zero-order valence-corrected chi connectivity index (χ0v) is 40.1. The highest BCUT2D eigenvalue weighted by molar-refractivity contribution is 6.29. The highest BCUT2D eigenvalue weighted by Gasteiger charge is 2.28. The molecule has 4 nitrogen and oxygen atoms in total. The van der Waals surface area contributed by atoms with E-state index in [2.05, 4.69) is 194 Å². The Kier molecular flexibility index (Phi) is 9.79. The number of aryl methyl sites for hydroxylation is 2. The summed E-state index contributed by atoms with van der Waals surface area (Å²) in [5.41, 5.74) is 15.6. The van der Waals surface area contributed by atoms with E-state index >= 15 is 0 Å². The zero-order valence-electron chi connectivity index (χ0n) is 40.1. The normalized spacial score (nSPS) is 15.2. The fourth-order valence-corrected chi connectivity index (χ4v) is 13.0. The molecule has 342 valence electrons. The highest BCUT2D eigenvalue weighted by atomic mass is 16.3. The van der Waals surface area contributed by atoms with E-state index in [1.165, 1.54) is 130 Å². The molecule has 4 heteroatoms. The Morgan fingerprint density at radius 2 is 0.729 bits per heavy atom. The second-order valence-electron chi connectivity index (χ2n) is 20.6. The van der Waals surface area contributed by atoms with Crippen LogP contribution in [0.1, 0.15) is 98.3 Å². The Morgan fingerprint density at radius 1 is 0.343 bits per heavy atom. The van der Waals surface area contributed by atoms with Gasteiger partial charge in [0.05, 0.1) is 22.7 Å². The molecule has 70 heavy (non-hydrogen) atoms. The van der Waals surface area contributed by atoms with Crippen molar-refractivity contribution in [3.8, 4) is 0 Å².